The molecule has 10 heteroatoms. The summed E-state index contributed by atoms with van der Waals surface area (Å²) in [7, 11) is 0. The normalized spacial score (nSPS) is 10.9. The van der Waals surface area contributed by atoms with Crippen LogP contribution in [0.5, 0.6) is 0 Å². The molecule has 1 amide bonds. The van der Waals surface area contributed by atoms with Crippen LogP contribution in [-0.2, 0) is 11.2 Å². The van der Waals surface area contributed by atoms with Crippen molar-refractivity contribution < 1.29 is 14.5 Å². The SMILES string of the molecule is CC(=O)NCCc1nnc(SCC(=O)c2ccc([N+](=O)[O-])cc2)n1-c1cccc2ccccc12. The monoisotopic (exact) mass is 475 g/mol. The Kier molecular flexibility index (Phi) is 6.98. The minimum atomic E-state index is -0.502. The van der Waals surface area contributed by atoms with Crippen LogP contribution in [0.4, 0.5) is 5.69 Å². The number of amides is 1. The fourth-order valence-corrected chi connectivity index (χ4v) is 4.39. The van der Waals surface area contributed by atoms with E-state index in [1.165, 1.54) is 43.0 Å². The highest BCUT2D eigenvalue weighted by molar-refractivity contribution is 7.99. The van der Waals surface area contributed by atoms with E-state index in [1.54, 1.807) is 0 Å². The Morgan fingerprint density at radius 1 is 1.03 bits per heavy atom. The molecule has 9 nitrogen and oxygen atoms in total. The molecule has 0 radical (unpaired) electrons. The highest BCUT2D eigenvalue weighted by Crippen LogP contribution is 2.28. The summed E-state index contributed by atoms with van der Waals surface area (Å²) in [5, 5.41) is 24.9. The maximum absolute atomic E-state index is 12.7. The number of non-ortho nitro benzene ring substituents is 1. The third-order valence-corrected chi connectivity index (χ3v) is 6.09. The molecule has 4 aromatic rings. The fourth-order valence-electron chi connectivity index (χ4n) is 3.53. The van der Waals surface area contributed by atoms with Crippen molar-refractivity contribution in [3.05, 3.63) is 88.2 Å². The highest BCUT2D eigenvalue weighted by Gasteiger charge is 2.18. The molecule has 0 aliphatic heterocycles. The first-order valence-electron chi connectivity index (χ1n) is 10.5. The predicted octanol–water partition coefficient (Wildman–Crippen LogP) is 3.98. The number of fused-ring (bicyclic) bond motifs is 1. The highest BCUT2D eigenvalue weighted by atomic mass is 32.2. The summed E-state index contributed by atoms with van der Waals surface area (Å²) in [6.07, 6.45) is 0.465. The lowest BCUT2D eigenvalue weighted by Crippen LogP contribution is -2.23. The molecule has 0 saturated carbocycles. The number of nitrogens with one attached hydrogen (secondary N) is 1. The first-order chi connectivity index (χ1) is 16.4. The summed E-state index contributed by atoms with van der Waals surface area (Å²) in [6, 6.07) is 19.4. The summed E-state index contributed by atoms with van der Waals surface area (Å²) in [5.41, 5.74) is 1.20. The Morgan fingerprint density at radius 3 is 2.50 bits per heavy atom. The van der Waals surface area contributed by atoms with Crippen LogP contribution in [-0.4, -0.2) is 43.7 Å². The van der Waals surface area contributed by atoms with E-state index < -0.39 is 4.92 Å². The molecule has 0 aliphatic carbocycles. The van der Waals surface area contributed by atoms with Crippen molar-refractivity contribution in [3.63, 3.8) is 0 Å². The lowest BCUT2D eigenvalue weighted by molar-refractivity contribution is -0.384. The number of hydrogen-bond donors (Lipinski definition) is 1. The standard InChI is InChI=1S/C24H21N5O4S/c1-16(30)25-14-13-23-26-27-24(28(23)21-8-4-6-17-5-2-3-7-20(17)21)34-15-22(31)18-9-11-19(12-10-18)29(32)33/h2-12H,13-15H2,1H3,(H,25,30). The van der Waals surface area contributed by atoms with Crippen LogP contribution in [0.1, 0.15) is 23.1 Å². The third-order valence-electron chi connectivity index (χ3n) is 5.16. The molecule has 1 heterocycles. The average molecular weight is 476 g/mol. The van der Waals surface area contributed by atoms with Crippen molar-refractivity contribution in [2.45, 2.75) is 18.5 Å². The maximum atomic E-state index is 12.7. The van der Waals surface area contributed by atoms with Gasteiger partial charge in [0.1, 0.15) is 5.82 Å². The van der Waals surface area contributed by atoms with Crippen molar-refractivity contribution in [1.82, 2.24) is 20.1 Å². The number of benzene rings is 3. The topological polar surface area (TPSA) is 120 Å². The van der Waals surface area contributed by atoms with Gasteiger partial charge in [-0.05, 0) is 23.6 Å². The summed E-state index contributed by atoms with van der Waals surface area (Å²) in [5.74, 6) is 0.453. The zero-order chi connectivity index (χ0) is 24.1. The first kappa shape index (κ1) is 23.1. The molecule has 0 saturated heterocycles. The van der Waals surface area contributed by atoms with Gasteiger partial charge in [-0.25, -0.2) is 0 Å². The van der Waals surface area contributed by atoms with Gasteiger partial charge < -0.3 is 5.32 Å². The number of thioether (sulfide) groups is 1. The first-order valence-corrected chi connectivity index (χ1v) is 11.5. The van der Waals surface area contributed by atoms with E-state index in [0.717, 1.165) is 16.5 Å². The molecule has 34 heavy (non-hydrogen) atoms. The number of rotatable bonds is 9. The molecule has 172 valence electrons. The van der Waals surface area contributed by atoms with Gasteiger partial charge in [0, 0.05) is 43.0 Å². The molecule has 1 aromatic heterocycles. The molecule has 0 spiro atoms. The van der Waals surface area contributed by atoms with Gasteiger partial charge in [0.05, 0.1) is 16.4 Å². The van der Waals surface area contributed by atoms with Gasteiger partial charge in [-0.15, -0.1) is 10.2 Å². The lowest BCUT2D eigenvalue weighted by Gasteiger charge is -2.13. The Labute approximate surface area is 199 Å². The number of carbonyl (C=O) groups excluding carboxylic acids is 2. The van der Waals surface area contributed by atoms with Crippen LogP contribution < -0.4 is 5.32 Å². The van der Waals surface area contributed by atoms with Crippen molar-refractivity contribution in [2.75, 3.05) is 12.3 Å². The van der Waals surface area contributed by atoms with Crippen LogP contribution in [0.15, 0.2) is 71.9 Å². The van der Waals surface area contributed by atoms with Gasteiger partial charge in [0.25, 0.3) is 5.69 Å². The van der Waals surface area contributed by atoms with Crippen LogP contribution >= 0.6 is 11.8 Å². The number of carbonyl (C=O) groups is 2. The predicted molar refractivity (Wildman–Crippen MR) is 129 cm³/mol. The zero-order valence-electron chi connectivity index (χ0n) is 18.3. The number of nitrogens with zero attached hydrogens (tertiary/aromatic N) is 4. The number of aromatic nitrogens is 3. The molecule has 0 bridgehead atoms. The van der Waals surface area contributed by atoms with Crippen LogP contribution in [0.2, 0.25) is 0 Å². The molecule has 0 atom stereocenters. The van der Waals surface area contributed by atoms with Crippen molar-refractivity contribution in [3.8, 4) is 5.69 Å². The molecule has 4 rings (SSSR count). The molecular formula is C24H21N5O4S. The fraction of sp³-hybridized carbons (Fsp3) is 0.167. The summed E-state index contributed by atoms with van der Waals surface area (Å²) < 4.78 is 1.91. The minimum Gasteiger partial charge on any atom is -0.356 e. The molecule has 1 N–H and O–H groups in total. The Morgan fingerprint density at radius 2 is 1.76 bits per heavy atom. The van der Waals surface area contributed by atoms with Crippen molar-refractivity contribution >= 4 is 39.9 Å². The molecule has 3 aromatic carbocycles. The van der Waals surface area contributed by atoms with E-state index >= 15 is 0 Å². The largest absolute Gasteiger partial charge is 0.356 e. The average Bonchev–Trinajstić information content (AvgIpc) is 3.24. The van der Waals surface area contributed by atoms with Gasteiger partial charge in [0.15, 0.2) is 10.9 Å². The molecular weight excluding hydrogens is 454 g/mol. The second-order valence-corrected chi connectivity index (χ2v) is 8.42. The number of nitro groups is 1. The zero-order valence-corrected chi connectivity index (χ0v) is 19.1. The second-order valence-electron chi connectivity index (χ2n) is 7.48. The van der Waals surface area contributed by atoms with Crippen LogP contribution in [0.25, 0.3) is 16.5 Å². The summed E-state index contributed by atoms with van der Waals surface area (Å²) >= 11 is 1.24. The number of nitro benzene ring substituents is 1. The Hall–Kier alpha value is -4.05. The van der Waals surface area contributed by atoms with E-state index in [4.69, 9.17) is 0 Å². The second kappa shape index (κ2) is 10.3. The van der Waals surface area contributed by atoms with Crippen molar-refractivity contribution in [2.24, 2.45) is 0 Å². The number of Topliss-reactive ketones (excluding diaryl/α,β-unsaturated/α-hetero) is 1. The van der Waals surface area contributed by atoms with Gasteiger partial charge >= 0.3 is 0 Å². The van der Waals surface area contributed by atoms with E-state index in [1.807, 2.05) is 47.0 Å². The Bertz CT molecular complexity index is 1360. The van der Waals surface area contributed by atoms with Crippen LogP contribution in [0, 0.1) is 10.1 Å². The van der Waals surface area contributed by atoms with E-state index in [2.05, 4.69) is 15.5 Å². The van der Waals surface area contributed by atoms with E-state index in [-0.39, 0.29) is 23.1 Å². The summed E-state index contributed by atoms with van der Waals surface area (Å²) in [4.78, 5) is 34.4. The lowest BCUT2D eigenvalue weighted by atomic mass is 10.1. The smallest absolute Gasteiger partial charge is 0.269 e. The van der Waals surface area contributed by atoms with Gasteiger partial charge in [0.2, 0.25) is 5.91 Å². The van der Waals surface area contributed by atoms with Crippen molar-refractivity contribution in [1.29, 1.82) is 0 Å². The van der Waals surface area contributed by atoms with E-state index in [0.29, 0.717) is 29.5 Å². The van der Waals surface area contributed by atoms with E-state index in [9.17, 15) is 19.7 Å². The molecule has 0 fully saturated rings. The quantitative estimate of drug-likeness (QED) is 0.168. The summed E-state index contributed by atoms with van der Waals surface area (Å²) in [6.45, 7) is 1.87. The maximum Gasteiger partial charge on any atom is 0.269 e. The number of hydrogen-bond acceptors (Lipinski definition) is 7. The minimum absolute atomic E-state index is 0.0660. The van der Waals surface area contributed by atoms with Gasteiger partial charge in [-0.2, -0.15) is 0 Å². The molecule has 0 unspecified atom stereocenters. The van der Waals surface area contributed by atoms with Gasteiger partial charge in [-0.1, -0.05) is 48.2 Å². The molecule has 0 aliphatic rings. The third kappa shape index (κ3) is 5.12. The van der Waals surface area contributed by atoms with Crippen LogP contribution in [0.3, 0.4) is 0 Å². The van der Waals surface area contributed by atoms with Gasteiger partial charge in [-0.3, -0.25) is 24.3 Å². The number of ketones is 1. The Balaban J connectivity index is 1.63.